The smallest absolute Gasteiger partial charge is 0.291 e. The van der Waals surface area contributed by atoms with Crippen LogP contribution in [0.25, 0.3) is 6.08 Å². The Bertz CT molecular complexity index is 769. The van der Waals surface area contributed by atoms with Gasteiger partial charge in [0.25, 0.3) is 11.1 Å². The molecule has 2 saturated heterocycles. The molecule has 3 rings (SSSR count). The first-order chi connectivity index (χ1) is 12.0. The minimum absolute atomic E-state index is 0.284. The topological polar surface area (TPSA) is 61.9 Å². The number of thioether (sulfide) groups is 1. The molecular weight excluding hydrogens is 338 g/mol. The Hall–Kier alpha value is -2.21. The number of ether oxygens (including phenoxy) is 1. The summed E-state index contributed by atoms with van der Waals surface area (Å²) < 4.78 is 5.32. The molecule has 1 atom stereocenters. The van der Waals surface area contributed by atoms with Crippen molar-refractivity contribution in [2.45, 2.75) is 12.5 Å². The maximum Gasteiger partial charge on any atom is 0.291 e. The molecule has 6 nitrogen and oxygen atoms in total. The van der Waals surface area contributed by atoms with Gasteiger partial charge in [-0.15, -0.1) is 0 Å². The summed E-state index contributed by atoms with van der Waals surface area (Å²) in [5.41, 5.74) is 4.95. The molecule has 2 amide bonds. The van der Waals surface area contributed by atoms with Gasteiger partial charge >= 0.3 is 0 Å². The van der Waals surface area contributed by atoms with Crippen molar-refractivity contribution in [3.8, 4) is 5.75 Å². The van der Waals surface area contributed by atoms with E-state index >= 15 is 0 Å². The largest absolute Gasteiger partial charge is 0.497 e. The summed E-state index contributed by atoms with van der Waals surface area (Å²) in [6, 6.07) is 6.41. The second kappa shape index (κ2) is 7.35. The van der Waals surface area contributed by atoms with Crippen molar-refractivity contribution in [2.75, 3.05) is 39.2 Å². The van der Waals surface area contributed by atoms with Crippen LogP contribution in [0.1, 0.15) is 12.0 Å². The molecule has 7 heteroatoms. The number of nitrogens with zero attached hydrogens (tertiary/aromatic N) is 2. The number of anilines is 1. The molecule has 0 unspecified atom stereocenters. The molecule has 0 radical (unpaired) electrons. The molecule has 2 heterocycles. The highest BCUT2D eigenvalue weighted by Crippen LogP contribution is 2.30. The molecule has 2 aliphatic heterocycles. The molecule has 0 aromatic heterocycles. The standard InChI is InChI=1S/C18H21N3O3S/c1-20(2)13-8-9-21(11-13)15-6-5-14(24-3)10-12(15)4-7-16-17(22)19-18(23)25-16/h4-6,10,13H,8-9,11H2,1-3H3,(H,19,22,23)/t7?,13-/m0/s1. The third-order valence-corrected chi connectivity index (χ3v) is 5.24. The maximum absolute atomic E-state index is 11.7. The lowest BCUT2D eigenvalue weighted by Gasteiger charge is -2.23. The van der Waals surface area contributed by atoms with Gasteiger partial charge in [0.15, 0.2) is 0 Å². The Morgan fingerprint density at radius 2 is 2.20 bits per heavy atom. The van der Waals surface area contributed by atoms with Crippen molar-refractivity contribution in [1.29, 1.82) is 0 Å². The molecule has 0 bridgehead atoms. The zero-order valence-corrected chi connectivity index (χ0v) is 15.4. The fourth-order valence-corrected chi connectivity index (χ4v) is 3.59. The Morgan fingerprint density at radius 3 is 2.80 bits per heavy atom. The molecule has 25 heavy (non-hydrogen) atoms. The number of carbonyl (C=O) groups excluding carboxylic acids is 2. The van der Waals surface area contributed by atoms with Gasteiger partial charge in [0.2, 0.25) is 0 Å². The number of likely N-dealkylation sites (N-methyl/N-ethyl adjacent to an activating group) is 1. The molecule has 1 aromatic carbocycles. The van der Waals surface area contributed by atoms with E-state index in [0.29, 0.717) is 6.04 Å². The van der Waals surface area contributed by atoms with E-state index in [9.17, 15) is 9.59 Å². The van der Waals surface area contributed by atoms with E-state index in [-0.39, 0.29) is 10.1 Å². The lowest BCUT2D eigenvalue weighted by molar-refractivity contribution is -0.115. The number of amides is 2. The highest BCUT2D eigenvalue weighted by atomic mass is 32.2. The van der Waals surface area contributed by atoms with Gasteiger partial charge in [-0.25, -0.2) is 0 Å². The first kappa shape index (κ1) is 17.6. The minimum atomic E-state index is -0.399. The van der Waals surface area contributed by atoms with E-state index in [2.05, 4.69) is 34.9 Å². The number of imide groups is 1. The van der Waals surface area contributed by atoms with Crippen molar-refractivity contribution in [1.82, 2.24) is 10.2 Å². The predicted octanol–water partition coefficient (Wildman–Crippen LogP) is 2.31. The summed E-state index contributed by atoms with van der Waals surface area (Å²) in [6.45, 7) is 1.92. The molecule has 0 saturated carbocycles. The first-order valence-electron chi connectivity index (χ1n) is 8.07. The Kier molecular flexibility index (Phi) is 5.18. The lowest BCUT2D eigenvalue weighted by atomic mass is 10.1. The van der Waals surface area contributed by atoms with Crippen molar-refractivity contribution in [2.24, 2.45) is 0 Å². The molecule has 2 aliphatic rings. The summed E-state index contributed by atoms with van der Waals surface area (Å²) in [6.07, 6.45) is 2.86. The van der Waals surface area contributed by atoms with Crippen LogP contribution in [0.2, 0.25) is 0 Å². The number of hydrogen-bond donors (Lipinski definition) is 1. The quantitative estimate of drug-likeness (QED) is 0.658. The van der Waals surface area contributed by atoms with Crippen LogP contribution in [0, 0.1) is 0 Å². The number of methoxy groups -OCH3 is 1. The fraction of sp³-hybridized carbons (Fsp3) is 0.389. The minimum Gasteiger partial charge on any atom is -0.497 e. The second-order valence-electron chi connectivity index (χ2n) is 6.24. The number of carbonyl (C=O) groups is 2. The molecule has 2 fully saturated rings. The van der Waals surface area contributed by atoms with Crippen LogP contribution in [0.3, 0.4) is 0 Å². The van der Waals surface area contributed by atoms with E-state index < -0.39 is 5.91 Å². The summed E-state index contributed by atoms with van der Waals surface area (Å²) in [5, 5.41) is 1.88. The fourth-order valence-electron chi connectivity index (χ4n) is 3.00. The van der Waals surface area contributed by atoms with E-state index in [1.54, 1.807) is 13.2 Å². The molecule has 1 aromatic rings. The highest BCUT2D eigenvalue weighted by Gasteiger charge is 2.26. The van der Waals surface area contributed by atoms with Crippen LogP contribution in [-0.2, 0) is 4.79 Å². The normalized spacial score (nSPS) is 20.1. The van der Waals surface area contributed by atoms with Crippen LogP contribution in [0.4, 0.5) is 10.5 Å². The third-order valence-electron chi connectivity index (χ3n) is 4.44. The molecule has 132 valence electrons. The van der Waals surface area contributed by atoms with Crippen molar-refractivity contribution in [3.63, 3.8) is 0 Å². The predicted molar refractivity (Wildman–Crippen MR) is 99.9 cm³/mol. The maximum atomic E-state index is 11.7. The van der Waals surface area contributed by atoms with Gasteiger partial charge in [0.05, 0.1) is 7.11 Å². The molecule has 1 N–H and O–H groups in total. The zero-order chi connectivity index (χ0) is 18.0. The molecular formula is C18H21N3O3S. The van der Waals surface area contributed by atoms with Gasteiger partial charge in [0.1, 0.15) is 10.7 Å². The van der Waals surface area contributed by atoms with Gasteiger partial charge in [-0.2, -0.15) is 0 Å². The van der Waals surface area contributed by atoms with Crippen LogP contribution < -0.4 is 15.0 Å². The van der Waals surface area contributed by atoms with Crippen LogP contribution >= 0.6 is 11.8 Å². The molecule has 0 spiro atoms. The average molecular weight is 359 g/mol. The second-order valence-corrected chi connectivity index (χ2v) is 7.22. The monoisotopic (exact) mass is 359 g/mol. The van der Waals surface area contributed by atoms with Gasteiger partial charge < -0.3 is 14.5 Å². The Morgan fingerprint density at radius 1 is 1.40 bits per heavy atom. The summed E-state index contributed by atoms with van der Waals surface area (Å²) in [7, 11) is 5.82. The first-order valence-corrected chi connectivity index (χ1v) is 8.89. The zero-order valence-electron chi connectivity index (χ0n) is 14.5. The van der Waals surface area contributed by atoms with E-state index in [0.717, 1.165) is 48.3 Å². The number of hydrogen-bond acceptors (Lipinski definition) is 6. The summed E-state index contributed by atoms with van der Waals surface area (Å²) in [5.74, 6) is 0.342. The van der Waals surface area contributed by atoms with Gasteiger partial charge in [-0.1, -0.05) is 5.73 Å². The van der Waals surface area contributed by atoms with Crippen molar-refractivity contribution in [3.05, 3.63) is 34.4 Å². The van der Waals surface area contributed by atoms with Crippen LogP contribution in [0.15, 0.2) is 28.8 Å². The average Bonchev–Trinajstić information content (AvgIpc) is 3.19. The highest BCUT2D eigenvalue weighted by molar-refractivity contribution is 8.18. The Labute approximate surface area is 151 Å². The van der Waals surface area contributed by atoms with E-state index in [1.807, 2.05) is 18.2 Å². The number of rotatable bonds is 4. The van der Waals surface area contributed by atoms with Gasteiger partial charge in [-0.05, 0) is 56.6 Å². The summed E-state index contributed by atoms with van der Waals surface area (Å²) >= 11 is 0.868. The van der Waals surface area contributed by atoms with E-state index in [4.69, 9.17) is 4.74 Å². The molecule has 0 aliphatic carbocycles. The number of benzene rings is 1. The SMILES string of the molecule is COc1ccc(N2CC[C@H](N(C)C)C2)c(C=C=C2SC(=O)NC2=O)c1. The lowest BCUT2D eigenvalue weighted by Crippen LogP contribution is -2.31. The third kappa shape index (κ3) is 3.90. The van der Waals surface area contributed by atoms with Gasteiger partial charge in [-0.3, -0.25) is 14.9 Å². The number of nitrogens with one attached hydrogen (secondary N) is 1. The van der Waals surface area contributed by atoms with Crippen LogP contribution in [0.5, 0.6) is 5.75 Å². The van der Waals surface area contributed by atoms with Gasteiger partial charge in [0, 0.05) is 30.4 Å². The van der Waals surface area contributed by atoms with E-state index in [1.165, 1.54) is 0 Å². The van der Waals surface area contributed by atoms with Crippen molar-refractivity contribution < 1.29 is 14.3 Å². The summed E-state index contributed by atoms with van der Waals surface area (Å²) in [4.78, 5) is 27.8. The van der Waals surface area contributed by atoms with Crippen LogP contribution in [-0.4, -0.2) is 56.4 Å². The van der Waals surface area contributed by atoms with Crippen molar-refractivity contribution >= 4 is 34.7 Å². The Balaban J connectivity index is 1.93.